The van der Waals surface area contributed by atoms with Crippen LogP contribution in [0.2, 0.25) is 0 Å². The monoisotopic (exact) mass is 444 g/mol. The lowest BCUT2D eigenvalue weighted by Gasteiger charge is -2.41. The first kappa shape index (κ1) is 22.6. The normalized spacial score (nSPS) is 18.1. The molecule has 6 nitrogen and oxygen atoms in total. The first-order chi connectivity index (χ1) is 15.9. The minimum Gasteiger partial charge on any atom is -0.496 e. The van der Waals surface area contributed by atoms with E-state index in [9.17, 15) is 9.59 Å². The van der Waals surface area contributed by atoms with Crippen molar-refractivity contribution >= 4 is 11.8 Å². The average molecular weight is 445 g/mol. The van der Waals surface area contributed by atoms with Gasteiger partial charge < -0.3 is 20.1 Å². The molecule has 0 spiro atoms. The maximum absolute atomic E-state index is 13.2. The Morgan fingerprint density at radius 3 is 2.52 bits per heavy atom. The molecule has 1 atom stereocenters. The van der Waals surface area contributed by atoms with Crippen LogP contribution >= 0.6 is 0 Å². The van der Waals surface area contributed by atoms with Gasteiger partial charge in [-0.1, -0.05) is 66.2 Å². The van der Waals surface area contributed by atoms with Gasteiger partial charge in [0.05, 0.1) is 25.8 Å². The quantitative estimate of drug-likeness (QED) is 0.630. The Labute approximate surface area is 193 Å². The third-order valence-corrected chi connectivity index (χ3v) is 6.06. The maximum Gasteiger partial charge on any atom is 0.257 e. The molecule has 1 unspecified atom stereocenters. The second-order valence-electron chi connectivity index (χ2n) is 8.38. The zero-order valence-corrected chi connectivity index (χ0v) is 18.9. The molecule has 0 saturated carbocycles. The fourth-order valence-corrected chi connectivity index (χ4v) is 4.23. The molecule has 6 heteroatoms. The van der Waals surface area contributed by atoms with Crippen LogP contribution in [0.15, 0.2) is 72.8 Å². The Morgan fingerprint density at radius 1 is 1.03 bits per heavy atom. The fraction of sp³-hybridized carbons (Fsp3) is 0.259. The van der Waals surface area contributed by atoms with Gasteiger partial charge in [-0.15, -0.1) is 0 Å². The van der Waals surface area contributed by atoms with E-state index in [1.54, 1.807) is 23.1 Å². The molecule has 2 N–H and O–H groups in total. The van der Waals surface area contributed by atoms with Gasteiger partial charge in [0.15, 0.2) is 5.60 Å². The number of primary amides is 1. The van der Waals surface area contributed by atoms with E-state index in [4.69, 9.17) is 15.2 Å². The van der Waals surface area contributed by atoms with Gasteiger partial charge in [0.2, 0.25) is 0 Å². The summed E-state index contributed by atoms with van der Waals surface area (Å²) in [5, 5.41) is 0. The lowest BCUT2D eigenvalue weighted by molar-refractivity contribution is -0.153. The molecule has 1 heterocycles. The summed E-state index contributed by atoms with van der Waals surface area (Å²) in [7, 11) is 1.53. The summed E-state index contributed by atoms with van der Waals surface area (Å²) >= 11 is 0. The highest BCUT2D eigenvalue weighted by Gasteiger charge is 2.44. The zero-order valence-electron chi connectivity index (χ0n) is 18.9. The van der Waals surface area contributed by atoms with Crippen LogP contribution < -0.4 is 10.5 Å². The topological polar surface area (TPSA) is 81.9 Å². The van der Waals surface area contributed by atoms with Crippen molar-refractivity contribution in [3.63, 3.8) is 0 Å². The Bertz CT molecular complexity index is 1160. The third kappa shape index (κ3) is 4.76. The van der Waals surface area contributed by atoms with Crippen molar-refractivity contribution in [1.29, 1.82) is 0 Å². The molecule has 0 radical (unpaired) electrons. The van der Waals surface area contributed by atoms with E-state index >= 15 is 0 Å². The van der Waals surface area contributed by atoms with Crippen LogP contribution in [0.1, 0.15) is 21.5 Å². The number of para-hydroxylation sites is 1. The van der Waals surface area contributed by atoms with Crippen LogP contribution in [0.3, 0.4) is 0 Å². The van der Waals surface area contributed by atoms with Gasteiger partial charge in [0.1, 0.15) is 5.75 Å². The highest BCUT2D eigenvalue weighted by atomic mass is 16.5. The molecule has 170 valence electrons. The number of methoxy groups -OCH3 is 1. The molecule has 1 fully saturated rings. The van der Waals surface area contributed by atoms with Crippen molar-refractivity contribution in [2.24, 2.45) is 5.73 Å². The Morgan fingerprint density at radius 2 is 1.79 bits per heavy atom. The smallest absolute Gasteiger partial charge is 0.257 e. The minimum atomic E-state index is -1.30. The molecule has 3 aromatic rings. The van der Waals surface area contributed by atoms with Gasteiger partial charge in [0, 0.05) is 13.0 Å². The van der Waals surface area contributed by atoms with Crippen molar-refractivity contribution in [2.75, 3.05) is 26.8 Å². The molecular weight excluding hydrogens is 416 g/mol. The van der Waals surface area contributed by atoms with Gasteiger partial charge in [-0.25, -0.2) is 0 Å². The summed E-state index contributed by atoms with van der Waals surface area (Å²) in [5.74, 6) is -0.306. The number of amides is 2. The summed E-state index contributed by atoms with van der Waals surface area (Å²) in [5.41, 5.74) is 9.23. The number of morpholine rings is 1. The molecule has 1 aliphatic heterocycles. The van der Waals surface area contributed by atoms with E-state index in [1.807, 2.05) is 30.3 Å². The predicted molar refractivity (Wildman–Crippen MR) is 127 cm³/mol. The summed E-state index contributed by atoms with van der Waals surface area (Å²) in [6.07, 6.45) is 0.276. The highest BCUT2D eigenvalue weighted by Crippen LogP contribution is 2.28. The van der Waals surface area contributed by atoms with Crippen LogP contribution in [-0.4, -0.2) is 49.1 Å². The van der Waals surface area contributed by atoms with Gasteiger partial charge in [0.25, 0.3) is 11.8 Å². The number of rotatable bonds is 6. The highest BCUT2D eigenvalue weighted by molar-refractivity contribution is 5.97. The van der Waals surface area contributed by atoms with E-state index in [2.05, 4.69) is 31.2 Å². The van der Waals surface area contributed by atoms with Crippen molar-refractivity contribution < 1.29 is 19.1 Å². The van der Waals surface area contributed by atoms with E-state index in [0.29, 0.717) is 17.9 Å². The average Bonchev–Trinajstić information content (AvgIpc) is 2.84. The van der Waals surface area contributed by atoms with Crippen molar-refractivity contribution in [1.82, 2.24) is 4.90 Å². The molecule has 2 amide bonds. The molecule has 3 aromatic carbocycles. The number of aryl methyl sites for hydroxylation is 1. The van der Waals surface area contributed by atoms with Crippen molar-refractivity contribution in [3.05, 3.63) is 89.5 Å². The summed E-state index contributed by atoms with van der Waals surface area (Å²) in [6, 6.07) is 23.3. The van der Waals surface area contributed by atoms with Gasteiger partial charge in [-0.05, 0) is 35.7 Å². The summed E-state index contributed by atoms with van der Waals surface area (Å²) in [6.45, 7) is 2.72. The number of hydrogen-bond donors (Lipinski definition) is 1. The van der Waals surface area contributed by atoms with Crippen molar-refractivity contribution in [2.45, 2.75) is 18.9 Å². The summed E-state index contributed by atoms with van der Waals surface area (Å²) in [4.78, 5) is 27.5. The van der Waals surface area contributed by atoms with Gasteiger partial charge >= 0.3 is 0 Å². The van der Waals surface area contributed by atoms with E-state index < -0.39 is 11.5 Å². The third-order valence-electron chi connectivity index (χ3n) is 6.06. The number of carbonyl (C=O) groups excluding carboxylic acids is 2. The molecule has 33 heavy (non-hydrogen) atoms. The number of benzene rings is 3. The number of ether oxygens (including phenoxy) is 2. The van der Waals surface area contributed by atoms with E-state index in [1.165, 1.54) is 12.7 Å². The van der Waals surface area contributed by atoms with Gasteiger partial charge in [-0.3, -0.25) is 9.59 Å². The van der Waals surface area contributed by atoms with E-state index in [0.717, 1.165) is 16.7 Å². The number of nitrogens with zero attached hydrogens (tertiary/aromatic N) is 1. The second kappa shape index (κ2) is 9.46. The maximum atomic E-state index is 13.2. The lowest BCUT2D eigenvalue weighted by atomic mass is 9.90. The van der Waals surface area contributed by atoms with Crippen LogP contribution in [-0.2, 0) is 16.0 Å². The lowest BCUT2D eigenvalue weighted by Crippen LogP contribution is -2.61. The Balaban J connectivity index is 1.60. The molecule has 1 saturated heterocycles. The summed E-state index contributed by atoms with van der Waals surface area (Å²) < 4.78 is 11.3. The first-order valence-corrected chi connectivity index (χ1v) is 10.9. The Kier molecular flexibility index (Phi) is 6.47. The first-order valence-electron chi connectivity index (χ1n) is 10.9. The SMILES string of the molecule is COc1ccccc1C(=O)N1CCOC(Cc2cccc(-c3ccc(C)cc3)c2)(C(N)=O)C1. The van der Waals surface area contributed by atoms with Crippen LogP contribution in [0.25, 0.3) is 11.1 Å². The number of nitrogens with two attached hydrogens (primary N) is 1. The zero-order chi connectivity index (χ0) is 23.4. The largest absolute Gasteiger partial charge is 0.496 e. The van der Waals surface area contributed by atoms with E-state index in [-0.39, 0.29) is 25.5 Å². The van der Waals surface area contributed by atoms with Crippen LogP contribution in [0.5, 0.6) is 5.75 Å². The molecule has 0 bridgehead atoms. The minimum absolute atomic E-state index is 0.0774. The van der Waals surface area contributed by atoms with Crippen molar-refractivity contribution in [3.8, 4) is 16.9 Å². The Hall–Kier alpha value is -3.64. The predicted octanol–water partition coefficient (Wildman–Crippen LogP) is 3.61. The van der Waals surface area contributed by atoms with Crippen LogP contribution in [0.4, 0.5) is 0 Å². The molecule has 1 aliphatic rings. The van der Waals surface area contributed by atoms with Gasteiger partial charge in [-0.2, -0.15) is 0 Å². The van der Waals surface area contributed by atoms with Crippen LogP contribution in [0, 0.1) is 6.92 Å². The second-order valence-corrected chi connectivity index (χ2v) is 8.38. The molecule has 0 aliphatic carbocycles. The number of carbonyl (C=O) groups is 2. The molecule has 4 rings (SSSR count). The molecule has 0 aromatic heterocycles. The fourth-order valence-electron chi connectivity index (χ4n) is 4.23. The number of hydrogen-bond acceptors (Lipinski definition) is 4. The standard InChI is InChI=1S/C27H28N2O4/c1-19-10-12-21(13-11-19)22-7-5-6-20(16-22)17-27(26(28)31)18-29(14-15-33-27)25(30)23-8-3-4-9-24(23)32-2/h3-13,16H,14-15,17-18H2,1-2H3,(H2,28,31). The molecular formula is C27H28N2O4.